The van der Waals surface area contributed by atoms with Gasteiger partial charge in [0, 0.05) is 38.9 Å². The lowest BCUT2D eigenvalue weighted by atomic mass is 10.1. The van der Waals surface area contributed by atoms with E-state index in [0.29, 0.717) is 12.6 Å². The number of morpholine rings is 1. The molecule has 0 amide bonds. The highest BCUT2D eigenvalue weighted by molar-refractivity contribution is 5.79. The van der Waals surface area contributed by atoms with Gasteiger partial charge in [0.15, 0.2) is 5.96 Å². The summed E-state index contributed by atoms with van der Waals surface area (Å²) >= 11 is 0. The molecule has 0 saturated carbocycles. The van der Waals surface area contributed by atoms with Crippen molar-refractivity contribution in [3.05, 3.63) is 59.8 Å². The summed E-state index contributed by atoms with van der Waals surface area (Å²) < 4.78 is 5.60. The molecule has 156 valence electrons. The van der Waals surface area contributed by atoms with Gasteiger partial charge in [-0.3, -0.25) is 4.99 Å². The number of hydrogen-bond donors (Lipinski definition) is 2. The van der Waals surface area contributed by atoms with Gasteiger partial charge >= 0.3 is 0 Å². The van der Waals surface area contributed by atoms with Gasteiger partial charge in [0.2, 0.25) is 0 Å². The number of hydrogen-bond acceptors (Lipinski definition) is 4. The predicted octanol–water partition coefficient (Wildman–Crippen LogP) is 2.99. The molecule has 2 heterocycles. The second kappa shape index (κ2) is 10.8. The molecule has 29 heavy (non-hydrogen) atoms. The zero-order valence-electron chi connectivity index (χ0n) is 17.8. The highest BCUT2D eigenvalue weighted by atomic mass is 16.5. The number of aryl methyl sites for hydroxylation is 1. The summed E-state index contributed by atoms with van der Waals surface area (Å²) in [6.45, 7) is 7.53. The number of nitrogens with one attached hydrogen (secondary N) is 2. The molecule has 3 rings (SSSR count). The lowest BCUT2D eigenvalue weighted by molar-refractivity contribution is 0.0529. The number of nitrogens with zero attached hydrogens (tertiary/aromatic N) is 3. The van der Waals surface area contributed by atoms with Crippen molar-refractivity contribution in [2.24, 2.45) is 4.99 Å². The van der Waals surface area contributed by atoms with E-state index < -0.39 is 0 Å². The largest absolute Gasteiger partial charge is 0.375 e. The van der Waals surface area contributed by atoms with E-state index in [0.717, 1.165) is 49.9 Å². The molecule has 6 nitrogen and oxygen atoms in total. The summed E-state index contributed by atoms with van der Waals surface area (Å²) in [7, 11) is 1.81. The number of benzene rings is 1. The fourth-order valence-electron chi connectivity index (χ4n) is 3.45. The SMILES string of the molecule is CN=C(NCc1ccc(N2CCOC(C)C2)nc1)NC(C)CCc1ccccc1. The van der Waals surface area contributed by atoms with Crippen LogP contribution in [0.1, 0.15) is 31.4 Å². The Kier molecular flexibility index (Phi) is 7.87. The second-order valence-electron chi connectivity index (χ2n) is 7.65. The van der Waals surface area contributed by atoms with Crippen molar-refractivity contribution in [3.8, 4) is 0 Å². The average molecular weight is 396 g/mol. The number of aliphatic imine (C=N–C) groups is 1. The molecule has 1 aromatic carbocycles. The fourth-order valence-corrected chi connectivity index (χ4v) is 3.45. The van der Waals surface area contributed by atoms with Crippen LogP contribution in [0.3, 0.4) is 0 Å². The molecule has 2 atom stereocenters. The van der Waals surface area contributed by atoms with Crippen LogP contribution in [0.25, 0.3) is 0 Å². The Morgan fingerprint density at radius 3 is 2.76 bits per heavy atom. The van der Waals surface area contributed by atoms with Crippen molar-refractivity contribution >= 4 is 11.8 Å². The third-order valence-corrected chi connectivity index (χ3v) is 5.15. The van der Waals surface area contributed by atoms with Gasteiger partial charge in [-0.1, -0.05) is 36.4 Å². The first kappa shape index (κ1) is 21.1. The summed E-state index contributed by atoms with van der Waals surface area (Å²) in [4.78, 5) is 11.3. The van der Waals surface area contributed by atoms with Gasteiger partial charge in [0.05, 0.1) is 12.7 Å². The van der Waals surface area contributed by atoms with E-state index in [1.807, 2.05) is 6.20 Å². The van der Waals surface area contributed by atoms with Gasteiger partial charge in [-0.05, 0) is 43.9 Å². The maximum absolute atomic E-state index is 5.60. The first-order chi connectivity index (χ1) is 14.1. The Hall–Kier alpha value is -2.60. The van der Waals surface area contributed by atoms with Crippen molar-refractivity contribution in [1.29, 1.82) is 0 Å². The van der Waals surface area contributed by atoms with Crippen LogP contribution in [0.4, 0.5) is 5.82 Å². The molecule has 1 aliphatic rings. The first-order valence-corrected chi connectivity index (χ1v) is 10.5. The van der Waals surface area contributed by atoms with Gasteiger partial charge < -0.3 is 20.3 Å². The smallest absolute Gasteiger partial charge is 0.191 e. The van der Waals surface area contributed by atoms with E-state index >= 15 is 0 Å². The van der Waals surface area contributed by atoms with E-state index in [-0.39, 0.29) is 6.10 Å². The van der Waals surface area contributed by atoms with Crippen LogP contribution in [-0.2, 0) is 17.7 Å². The molecule has 0 radical (unpaired) electrons. The first-order valence-electron chi connectivity index (χ1n) is 10.5. The van der Waals surface area contributed by atoms with Crippen LogP contribution in [0.15, 0.2) is 53.7 Å². The molecule has 2 unspecified atom stereocenters. The number of anilines is 1. The number of ether oxygens (including phenoxy) is 1. The third kappa shape index (κ3) is 6.75. The van der Waals surface area contributed by atoms with Gasteiger partial charge in [0.1, 0.15) is 5.82 Å². The van der Waals surface area contributed by atoms with E-state index in [4.69, 9.17) is 4.74 Å². The summed E-state index contributed by atoms with van der Waals surface area (Å²) in [5.41, 5.74) is 2.50. The molecule has 1 aromatic heterocycles. The quantitative estimate of drug-likeness (QED) is 0.557. The number of guanidine groups is 1. The topological polar surface area (TPSA) is 61.8 Å². The van der Waals surface area contributed by atoms with Crippen LogP contribution < -0.4 is 15.5 Å². The molecule has 1 aliphatic heterocycles. The number of aromatic nitrogens is 1. The van der Waals surface area contributed by atoms with Gasteiger partial charge in [0.25, 0.3) is 0 Å². The van der Waals surface area contributed by atoms with Crippen molar-refractivity contribution in [2.45, 2.75) is 45.4 Å². The van der Waals surface area contributed by atoms with E-state index in [1.54, 1.807) is 7.05 Å². The third-order valence-electron chi connectivity index (χ3n) is 5.15. The van der Waals surface area contributed by atoms with Crippen LogP contribution >= 0.6 is 0 Å². The Bertz CT molecular complexity index is 763. The van der Waals surface area contributed by atoms with E-state index in [1.165, 1.54) is 5.56 Å². The predicted molar refractivity (Wildman–Crippen MR) is 119 cm³/mol. The molecule has 0 aliphatic carbocycles. The highest BCUT2D eigenvalue weighted by Gasteiger charge is 2.17. The molecule has 0 spiro atoms. The van der Waals surface area contributed by atoms with Crippen molar-refractivity contribution in [2.75, 3.05) is 31.6 Å². The lowest BCUT2D eigenvalue weighted by Crippen LogP contribution is -2.42. The van der Waals surface area contributed by atoms with Gasteiger partial charge in [-0.25, -0.2) is 4.98 Å². The monoisotopic (exact) mass is 395 g/mol. The molecule has 1 saturated heterocycles. The van der Waals surface area contributed by atoms with Crippen molar-refractivity contribution in [1.82, 2.24) is 15.6 Å². The Balaban J connectivity index is 1.44. The van der Waals surface area contributed by atoms with Crippen molar-refractivity contribution in [3.63, 3.8) is 0 Å². The Labute approximate surface area is 174 Å². The Morgan fingerprint density at radius 2 is 2.07 bits per heavy atom. The molecular weight excluding hydrogens is 362 g/mol. The van der Waals surface area contributed by atoms with E-state index in [9.17, 15) is 0 Å². The molecule has 2 aromatic rings. The lowest BCUT2D eigenvalue weighted by Gasteiger charge is -2.32. The number of rotatable bonds is 7. The summed E-state index contributed by atoms with van der Waals surface area (Å²) in [6, 6.07) is 15.1. The second-order valence-corrected chi connectivity index (χ2v) is 7.65. The normalized spacial score (nSPS) is 18.4. The zero-order valence-corrected chi connectivity index (χ0v) is 17.8. The van der Waals surface area contributed by atoms with Crippen LogP contribution in [-0.4, -0.2) is 49.8 Å². The molecule has 6 heteroatoms. The van der Waals surface area contributed by atoms with Crippen LogP contribution in [0, 0.1) is 0 Å². The van der Waals surface area contributed by atoms with E-state index in [2.05, 4.69) is 81.8 Å². The highest BCUT2D eigenvalue weighted by Crippen LogP contribution is 2.15. The minimum atomic E-state index is 0.255. The zero-order chi connectivity index (χ0) is 20.5. The minimum Gasteiger partial charge on any atom is -0.375 e. The maximum atomic E-state index is 5.60. The maximum Gasteiger partial charge on any atom is 0.191 e. The molecule has 0 bridgehead atoms. The van der Waals surface area contributed by atoms with Crippen molar-refractivity contribution < 1.29 is 4.74 Å². The number of pyridine rings is 1. The summed E-state index contributed by atoms with van der Waals surface area (Å²) in [5, 5.41) is 6.86. The van der Waals surface area contributed by atoms with Gasteiger partial charge in [-0.15, -0.1) is 0 Å². The molecular formula is C23H33N5O. The molecule has 2 N–H and O–H groups in total. The average Bonchev–Trinajstić information content (AvgIpc) is 2.76. The summed E-state index contributed by atoms with van der Waals surface area (Å²) in [5.74, 6) is 1.83. The summed E-state index contributed by atoms with van der Waals surface area (Å²) in [6.07, 6.45) is 4.30. The van der Waals surface area contributed by atoms with Crippen LogP contribution in [0.2, 0.25) is 0 Å². The van der Waals surface area contributed by atoms with Gasteiger partial charge in [-0.2, -0.15) is 0 Å². The minimum absolute atomic E-state index is 0.255. The standard InChI is InChI=1S/C23H33N5O/c1-18(9-10-20-7-5-4-6-8-20)27-23(24-3)26-16-21-11-12-22(25-15-21)28-13-14-29-19(2)17-28/h4-8,11-12,15,18-19H,9-10,13-14,16-17H2,1-3H3,(H2,24,26,27). The molecule has 1 fully saturated rings. The Morgan fingerprint density at radius 1 is 1.24 bits per heavy atom. The van der Waals surface area contributed by atoms with Crippen LogP contribution in [0.5, 0.6) is 0 Å². The fraction of sp³-hybridized carbons (Fsp3) is 0.478.